The quantitative estimate of drug-likeness (QED) is 0.600. The number of fused-ring (bicyclic) bond motifs is 1. The maximum Gasteiger partial charge on any atom is 0.208 e. The lowest BCUT2D eigenvalue weighted by Gasteiger charge is -2.34. The summed E-state index contributed by atoms with van der Waals surface area (Å²) < 4.78 is 0. The van der Waals surface area contributed by atoms with E-state index in [0.717, 1.165) is 53.3 Å². The van der Waals surface area contributed by atoms with Gasteiger partial charge >= 0.3 is 0 Å². The molecular formula is C17H16N6S2. The molecule has 0 bridgehead atoms. The van der Waals surface area contributed by atoms with Gasteiger partial charge in [0.1, 0.15) is 0 Å². The van der Waals surface area contributed by atoms with Crippen molar-refractivity contribution in [3.8, 4) is 9.88 Å². The zero-order chi connectivity index (χ0) is 16.6. The zero-order valence-electron chi connectivity index (χ0n) is 13.4. The van der Waals surface area contributed by atoms with Crippen LogP contribution in [-0.2, 0) is 0 Å². The fraction of sp³-hybridized carbons (Fsp3) is 0.235. The average Bonchev–Trinajstić information content (AvgIpc) is 3.40. The zero-order valence-corrected chi connectivity index (χ0v) is 15.1. The number of rotatable bonds is 3. The van der Waals surface area contributed by atoms with Gasteiger partial charge in [-0.3, -0.25) is 0 Å². The standard InChI is InChI=1S/C17H16N6S2/c1-2-5-13-12(4-1)18-16(19-13)22-7-9-23(10-8-22)17-21-20-15(25-17)14-6-3-11-24-14/h1-6,11H,7-10H2,(H,18,19). The molecule has 1 aromatic carbocycles. The predicted octanol–water partition coefficient (Wildman–Crippen LogP) is 3.47. The van der Waals surface area contributed by atoms with Crippen molar-refractivity contribution in [3.05, 3.63) is 41.8 Å². The second-order valence-corrected chi connectivity index (χ2v) is 7.82. The minimum absolute atomic E-state index is 0.924. The molecule has 3 aromatic heterocycles. The van der Waals surface area contributed by atoms with Gasteiger partial charge in [-0.15, -0.1) is 21.5 Å². The minimum Gasteiger partial charge on any atom is -0.343 e. The van der Waals surface area contributed by atoms with E-state index in [9.17, 15) is 0 Å². The Balaban J connectivity index is 1.29. The summed E-state index contributed by atoms with van der Waals surface area (Å²) in [5.74, 6) is 0.956. The van der Waals surface area contributed by atoms with Crippen molar-refractivity contribution in [2.45, 2.75) is 0 Å². The Bertz CT molecular complexity index is 949. The summed E-state index contributed by atoms with van der Waals surface area (Å²) in [6.45, 7) is 3.70. The van der Waals surface area contributed by atoms with Gasteiger partial charge in [0.15, 0.2) is 5.01 Å². The SMILES string of the molecule is c1csc(-c2nnc(N3CCN(c4nc5ccccc5[nH]4)CC3)s2)c1. The topological polar surface area (TPSA) is 60.9 Å². The number of hydrogen-bond donors (Lipinski definition) is 1. The number of aromatic amines is 1. The molecule has 126 valence electrons. The second-order valence-electron chi connectivity index (χ2n) is 5.92. The summed E-state index contributed by atoms with van der Waals surface area (Å²) in [4.78, 5) is 13.9. The number of H-pyrrole nitrogens is 1. The van der Waals surface area contributed by atoms with Crippen molar-refractivity contribution in [2.75, 3.05) is 36.0 Å². The number of piperazine rings is 1. The molecule has 1 aliphatic heterocycles. The molecule has 5 rings (SSSR count). The largest absolute Gasteiger partial charge is 0.343 e. The van der Waals surface area contributed by atoms with Crippen LogP contribution < -0.4 is 9.80 Å². The summed E-state index contributed by atoms with van der Waals surface area (Å²) in [7, 11) is 0. The van der Waals surface area contributed by atoms with Gasteiger partial charge in [0.25, 0.3) is 0 Å². The lowest BCUT2D eigenvalue weighted by atomic mass is 10.3. The highest BCUT2D eigenvalue weighted by Crippen LogP contribution is 2.32. The maximum atomic E-state index is 4.70. The molecule has 1 fully saturated rings. The molecule has 0 amide bonds. The molecule has 25 heavy (non-hydrogen) atoms. The van der Waals surface area contributed by atoms with Crippen molar-refractivity contribution in [1.82, 2.24) is 20.2 Å². The van der Waals surface area contributed by atoms with Gasteiger partial charge in [-0.2, -0.15) is 0 Å². The molecule has 0 unspecified atom stereocenters. The van der Waals surface area contributed by atoms with E-state index in [-0.39, 0.29) is 0 Å². The van der Waals surface area contributed by atoms with Crippen LogP contribution >= 0.6 is 22.7 Å². The summed E-state index contributed by atoms with van der Waals surface area (Å²) >= 11 is 3.37. The normalized spacial score (nSPS) is 15.2. The van der Waals surface area contributed by atoms with E-state index in [1.54, 1.807) is 22.7 Å². The van der Waals surface area contributed by atoms with Crippen molar-refractivity contribution in [2.24, 2.45) is 0 Å². The summed E-state index contributed by atoms with van der Waals surface area (Å²) in [6, 6.07) is 12.3. The Hall–Kier alpha value is -2.45. The first-order valence-corrected chi connectivity index (χ1v) is 9.88. The maximum absolute atomic E-state index is 4.70. The number of para-hydroxylation sites is 2. The summed E-state index contributed by atoms with van der Waals surface area (Å²) in [5.41, 5.74) is 2.11. The molecule has 0 atom stereocenters. The molecule has 1 aliphatic rings. The van der Waals surface area contributed by atoms with Crippen LogP contribution in [0.25, 0.3) is 20.9 Å². The van der Waals surface area contributed by atoms with Crippen molar-refractivity contribution < 1.29 is 0 Å². The van der Waals surface area contributed by atoms with Crippen LogP contribution in [0.4, 0.5) is 11.1 Å². The van der Waals surface area contributed by atoms with E-state index in [1.807, 2.05) is 24.3 Å². The predicted molar refractivity (Wildman–Crippen MR) is 104 cm³/mol. The van der Waals surface area contributed by atoms with E-state index in [0.29, 0.717) is 0 Å². The Morgan fingerprint density at radius 1 is 0.920 bits per heavy atom. The molecule has 1 N–H and O–H groups in total. The van der Waals surface area contributed by atoms with Gasteiger partial charge in [-0.1, -0.05) is 29.5 Å². The van der Waals surface area contributed by atoms with E-state index < -0.39 is 0 Å². The monoisotopic (exact) mass is 368 g/mol. The molecule has 8 heteroatoms. The van der Waals surface area contributed by atoms with E-state index >= 15 is 0 Å². The molecule has 1 saturated heterocycles. The second kappa shape index (κ2) is 6.12. The molecule has 4 heterocycles. The summed E-state index contributed by atoms with van der Waals surface area (Å²) in [5, 5.41) is 12.8. The van der Waals surface area contributed by atoms with Gasteiger partial charge in [0.2, 0.25) is 11.1 Å². The van der Waals surface area contributed by atoms with Crippen molar-refractivity contribution >= 4 is 44.8 Å². The van der Waals surface area contributed by atoms with Crippen LogP contribution in [0.15, 0.2) is 41.8 Å². The first-order valence-electron chi connectivity index (χ1n) is 8.19. The fourth-order valence-electron chi connectivity index (χ4n) is 3.04. The highest BCUT2D eigenvalue weighted by atomic mass is 32.1. The number of thiophene rings is 1. The van der Waals surface area contributed by atoms with E-state index in [4.69, 9.17) is 4.98 Å². The van der Waals surface area contributed by atoms with Crippen LogP contribution in [0.5, 0.6) is 0 Å². The van der Waals surface area contributed by atoms with Gasteiger partial charge in [-0.05, 0) is 23.6 Å². The van der Waals surface area contributed by atoms with E-state index in [2.05, 4.69) is 42.5 Å². The lowest BCUT2D eigenvalue weighted by molar-refractivity contribution is 0.640. The van der Waals surface area contributed by atoms with Gasteiger partial charge in [-0.25, -0.2) is 4.98 Å². The van der Waals surface area contributed by atoms with Crippen LogP contribution in [0.1, 0.15) is 0 Å². The number of benzene rings is 1. The Morgan fingerprint density at radius 3 is 2.56 bits per heavy atom. The fourth-order valence-corrected chi connectivity index (χ4v) is 4.73. The third-order valence-electron chi connectivity index (χ3n) is 4.37. The van der Waals surface area contributed by atoms with Crippen LogP contribution in [-0.4, -0.2) is 46.3 Å². The van der Waals surface area contributed by atoms with Crippen molar-refractivity contribution in [1.29, 1.82) is 0 Å². The van der Waals surface area contributed by atoms with Crippen LogP contribution in [0.3, 0.4) is 0 Å². The average molecular weight is 368 g/mol. The number of nitrogens with one attached hydrogen (secondary N) is 1. The first-order chi connectivity index (χ1) is 12.4. The molecule has 4 aromatic rings. The van der Waals surface area contributed by atoms with Gasteiger partial charge < -0.3 is 14.8 Å². The molecule has 0 saturated carbocycles. The third-order valence-corrected chi connectivity index (χ3v) is 6.40. The van der Waals surface area contributed by atoms with E-state index in [1.165, 1.54) is 4.88 Å². The Kier molecular flexibility index (Phi) is 3.64. The smallest absolute Gasteiger partial charge is 0.208 e. The van der Waals surface area contributed by atoms with Crippen LogP contribution in [0, 0.1) is 0 Å². The number of imidazole rings is 1. The third kappa shape index (κ3) is 2.77. The number of anilines is 2. The highest BCUT2D eigenvalue weighted by molar-refractivity contribution is 7.22. The Morgan fingerprint density at radius 2 is 1.76 bits per heavy atom. The number of aromatic nitrogens is 4. The minimum atomic E-state index is 0.924. The van der Waals surface area contributed by atoms with Crippen molar-refractivity contribution in [3.63, 3.8) is 0 Å². The summed E-state index contributed by atoms with van der Waals surface area (Å²) in [6.07, 6.45) is 0. The molecule has 0 spiro atoms. The van der Waals surface area contributed by atoms with Gasteiger partial charge in [0.05, 0.1) is 15.9 Å². The Labute approximate surface area is 152 Å². The number of nitrogens with zero attached hydrogens (tertiary/aromatic N) is 5. The molecule has 0 aliphatic carbocycles. The molecule has 0 radical (unpaired) electrons. The number of hydrogen-bond acceptors (Lipinski definition) is 7. The molecular weight excluding hydrogens is 352 g/mol. The first kappa shape index (κ1) is 14.9. The van der Waals surface area contributed by atoms with Gasteiger partial charge in [0, 0.05) is 26.2 Å². The lowest BCUT2D eigenvalue weighted by Crippen LogP contribution is -2.46. The van der Waals surface area contributed by atoms with Crippen LogP contribution in [0.2, 0.25) is 0 Å². The highest BCUT2D eigenvalue weighted by Gasteiger charge is 2.22. The molecule has 6 nitrogen and oxygen atoms in total.